The van der Waals surface area contributed by atoms with Gasteiger partial charge in [-0.05, 0) is 19.7 Å². The normalized spacial score (nSPS) is 21.5. The van der Waals surface area contributed by atoms with Gasteiger partial charge in [-0.3, -0.25) is 4.90 Å². The number of nitrogens with one attached hydrogen (secondary N) is 1. The van der Waals surface area contributed by atoms with E-state index in [4.69, 9.17) is 0 Å². The number of likely N-dealkylation sites (tertiary alicyclic amines) is 1. The third-order valence-corrected chi connectivity index (χ3v) is 6.00. The van der Waals surface area contributed by atoms with Gasteiger partial charge in [0.2, 0.25) is 0 Å². The van der Waals surface area contributed by atoms with Crippen molar-refractivity contribution in [3.63, 3.8) is 0 Å². The topological polar surface area (TPSA) is 70.5 Å². The predicted molar refractivity (Wildman–Crippen MR) is 101 cm³/mol. The van der Waals surface area contributed by atoms with E-state index in [2.05, 4.69) is 31.6 Å². The van der Waals surface area contributed by atoms with E-state index in [1.807, 2.05) is 32.3 Å². The number of hydrogen-bond donors (Lipinski definition) is 1. The van der Waals surface area contributed by atoms with Crippen molar-refractivity contribution in [1.29, 1.82) is 0 Å². The molecule has 1 aromatic carbocycles. The second kappa shape index (κ2) is 7.87. The van der Waals surface area contributed by atoms with Crippen LogP contribution in [0.2, 0.25) is 0 Å². The van der Waals surface area contributed by atoms with Gasteiger partial charge in [-0.15, -0.1) is 0 Å². The number of aromatic nitrogens is 2. The summed E-state index contributed by atoms with van der Waals surface area (Å²) in [6.07, 6.45) is 3.03. The van der Waals surface area contributed by atoms with Crippen molar-refractivity contribution in [1.82, 2.24) is 24.1 Å². The third-order valence-electron chi connectivity index (χ3n) is 4.63. The van der Waals surface area contributed by atoms with Crippen LogP contribution in [0.5, 0.6) is 0 Å². The Morgan fingerprint density at radius 3 is 2.58 bits per heavy atom. The molecule has 1 N–H and O–H groups in total. The Morgan fingerprint density at radius 1 is 1.23 bits per heavy atom. The fourth-order valence-corrected chi connectivity index (χ4v) is 4.78. The fraction of sp³-hybridized carbons (Fsp3) is 0.500. The minimum Gasteiger partial charge on any atom is -0.339 e. The summed E-state index contributed by atoms with van der Waals surface area (Å²) in [5, 5.41) is 0.0742. The zero-order valence-corrected chi connectivity index (χ0v) is 16.4. The molecule has 2 aromatic rings. The van der Waals surface area contributed by atoms with Crippen molar-refractivity contribution < 1.29 is 8.42 Å². The zero-order valence-electron chi connectivity index (χ0n) is 15.5. The van der Waals surface area contributed by atoms with Gasteiger partial charge in [0, 0.05) is 51.4 Å². The maximum absolute atomic E-state index is 12.7. The molecule has 1 aliphatic rings. The summed E-state index contributed by atoms with van der Waals surface area (Å²) in [4.78, 5) is 8.42. The first kappa shape index (κ1) is 19.0. The predicted octanol–water partition coefficient (Wildman–Crippen LogP) is 0.761. The molecule has 0 spiro atoms. The molecule has 0 radical (unpaired) electrons. The Bertz CT molecular complexity index is 819. The summed E-state index contributed by atoms with van der Waals surface area (Å²) in [5.41, 5.74) is 1.24. The first-order valence-electron chi connectivity index (χ1n) is 8.75. The van der Waals surface area contributed by atoms with Crippen LogP contribution in [-0.4, -0.2) is 67.5 Å². The highest BCUT2D eigenvalue weighted by Crippen LogP contribution is 2.22. The molecule has 0 saturated carbocycles. The highest BCUT2D eigenvalue weighted by atomic mass is 32.2. The average Bonchev–Trinajstić information content (AvgIpc) is 3.15. The molecule has 3 rings (SSSR count). The van der Waals surface area contributed by atoms with Crippen molar-refractivity contribution in [2.75, 3.05) is 33.7 Å². The third kappa shape index (κ3) is 4.70. The average molecular weight is 378 g/mol. The lowest BCUT2D eigenvalue weighted by molar-refractivity contribution is 0.283. The number of imidazole rings is 1. The van der Waals surface area contributed by atoms with E-state index in [1.54, 1.807) is 11.6 Å². The van der Waals surface area contributed by atoms with Crippen LogP contribution in [0.25, 0.3) is 0 Å². The molecule has 1 aliphatic heterocycles. The second-order valence-electron chi connectivity index (χ2n) is 7.31. The number of sulfonamides is 1. The summed E-state index contributed by atoms with van der Waals surface area (Å²) in [6.45, 7) is 3.22. The van der Waals surface area contributed by atoms with Crippen LogP contribution in [0.15, 0.2) is 47.9 Å². The molecular weight excluding hydrogens is 350 g/mol. The standard InChI is InChI=1S/C18H27N5O2S/c1-21(2)10-16-11-23(9-15-7-5-4-6-8-15)12-17(16)20-26(24,25)18-13-22(3)14-19-18/h4-8,13-14,16-17,20H,9-12H2,1-3H3/t16-,17-/m1/s1. The van der Waals surface area contributed by atoms with E-state index >= 15 is 0 Å². The van der Waals surface area contributed by atoms with Gasteiger partial charge in [-0.25, -0.2) is 18.1 Å². The maximum Gasteiger partial charge on any atom is 0.259 e. The fourth-order valence-electron chi connectivity index (χ4n) is 3.51. The Hall–Kier alpha value is -1.74. The first-order valence-corrected chi connectivity index (χ1v) is 10.2. The van der Waals surface area contributed by atoms with Gasteiger partial charge in [0.05, 0.1) is 6.33 Å². The maximum atomic E-state index is 12.7. The van der Waals surface area contributed by atoms with Crippen molar-refractivity contribution in [2.45, 2.75) is 17.6 Å². The number of hydrogen-bond acceptors (Lipinski definition) is 5. The van der Waals surface area contributed by atoms with Crippen LogP contribution >= 0.6 is 0 Å². The van der Waals surface area contributed by atoms with Crippen molar-refractivity contribution in [2.24, 2.45) is 13.0 Å². The largest absolute Gasteiger partial charge is 0.339 e. The Labute approximate surface area is 155 Å². The number of aryl methyl sites for hydroxylation is 1. The lowest BCUT2D eigenvalue weighted by Crippen LogP contribution is -2.43. The second-order valence-corrected chi connectivity index (χ2v) is 8.97. The molecule has 0 bridgehead atoms. The van der Waals surface area contributed by atoms with Crippen molar-refractivity contribution in [3.05, 3.63) is 48.4 Å². The summed E-state index contributed by atoms with van der Waals surface area (Å²) >= 11 is 0. The lowest BCUT2D eigenvalue weighted by atomic mass is 10.0. The molecule has 7 nitrogen and oxygen atoms in total. The van der Waals surface area contributed by atoms with Gasteiger partial charge >= 0.3 is 0 Å². The van der Waals surface area contributed by atoms with Gasteiger partial charge < -0.3 is 9.47 Å². The van der Waals surface area contributed by atoms with E-state index in [-0.39, 0.29) is 17.0 Å². The smallest absolute Gasteiger partial charge is 0.259 e. The molecule has 0 unspecified atom stereocenters. The quantitative estimate of drug-likeness (QED) is 0.771. The molecular formula is C18H27N5O2S. The Morgan fingerprint density at radius 2 is 1.96 bits per heavy atom. The molecule has 1 saturated heterocycles. The van der Waals surface area contributed by atoms with E-state index < -0.39 is 10.0 Å². The molecule has 142 valence electrons. The molecule has 8 heteroatoms. The Balaban J connectivity index is 1.72. The summed E-state index contributed by atoms with van der Waals surface area (Å²) in [6, 6.07) is 10.1. The van der Waals surface area contributed by atoms with E-state index in [0.29, 0.717) is 6.54 Å². The molecule has 26 heavy (non-hydrogen) atoms. The molecule has 1 fully saturated rings. The van der Waals surface area contributed by atoms with E-state index in [0.717, 1.165) is 19.6 Å². The van der Waals surface area contributed by atoms with Crippen LogP contribution in [0.3, 0.4) is 0 Å². The molecule has 0 aliphatic carbocycles. The molecule has 2 heterocycles. The summed E-state index contributed by atoms with van der Waals surface area (Å²) in [7, 11) is 2.18. The summed E-state index contributed by atoms with van der Waals surface area (Å²) in [5.74, 6) is 0.229. The zero-order chi connectivity index (χ0) is 18.7. The Kier molecular flexibility index (Phi) is 5.76. The number of nitrogens with zero attached hydrogens (tertiary/aromatic N) is 4. The summed E-state index contributed by atoms with van der Waals surface area (Å²) < 4.78 is 29.9. The van der Waals surface area contributed by atoms with Crippen LogP contribution in [0, 0.1) is 5.92 Å². The van der Waals surface area contributed by atoms with Gasteiger partial charge in [0.1, 0.15) is 0 Å². The molecule has 1 aromatic heterocycles. The molecule has 2 atom stereocenters. The van der Waals surface area contributed by atoms with E-state index in [9.17, 15) is 8.42 Å². The highest BCUT2D eigenvalue weighted by Gasteiger charge is 2.36. The van der Waals surface area contributed by atoms with Crippen LogP contribution in [0.4, 0.5) is 0 Å². The highest BCUT2D eigenvalue weighted by molar-refractivity contribution is 7.89. The van der Waals surface area contributed by atoms with Gasteiger partial charge in [0.25, 0.3) is 10.0 Å². The number of benzene rings is 1. The SMILES string of the molecule is CN(C)C[C@@H]1CN(Cc2ccccc2)C[C@H]1NS(=O)(=O)c1cn(C)cn1. The van der Waals surface area contributed by atoms with Gasteiger partial charge in [-0.2, -0.15) is 0 Å². The van der Waals surface area contributed by atoms with Gasteiger partial charge in [0.15, 0.2) is 5.03 Å². The minimum atomic E-state index is -3.61. The van der Waals surface area contributed by atoms with Crippen molar-refractivity contribution in [3.8, 4) is 0 Å². The molecule has 0 amide bonds. The lowest BCUT2D eigenvalue weighted by Gasteiger charge is -2.22. The number of rotatable bonds is 7. The minimum absolute atomic E-state index is 0.0742. The monoisotopic (exact) mass is 377 g/mol. The van der Waals surface area contributed by atoms with E-state index in [1.165, 1.54) is 18.1 Å². The first-order chi connectivity index (χ1) is 12.3. The van der Waals surface area contributed by atoms with Crippen molar-refractivity contribution >= 4 is 10.0 Å². The van der Waals surface area contributed by atoms with Crippen LogP contribution in [0.1, 0.15) is 5.56 Å². The van der Waals surface area contributed by atoms with Crippen LogP contribution in [-0.2, 0) is 23.6 Å². The van der Waals surface area contributed by atoms with Crippen LogP contribution < -0.4 is 4.72 Å². The van der Waals surface area contributed by atoms with Gasteiger partial charge in [-0.1, -0.05) is 30.3 Å².